The van der Waals surface area contributed by atoms with Crippen LogP contribution in [0.1, 0.15) is 46.0 Å². The van der Waals surface area contributed by atoms with Crippen molar-refractivity contribution in [2.45, 2.75) is 57.2 Å². The van der Waals surface area contributed by atoms with Crippen molar-refractivity contribution in [3.05, 3.63) is 0 Å². The van der Waals surface area contributed by atoms with Gasteiger partial charge < -0.3 is 5.32 Å². The first-order valence-electron chi connectivity index (χ1n) is 6.21. The highest BCUT2D eigenvalue weighted by atomic mass is 32.2. The van der Waals surface area contributed by atoms with Crippen molar-refractivity contribution in [1.29, 1.82) is 0 Å². The van der Waals surface area contributed by atoms with Gasteiger partial charge in [0.2, 0.25) is 0 Å². The van der Waals surface area contributed by atoms with Crippen LogP contribution in [0.2, 0.25) is 0 Å². The van der Waals surface area contributed by atoms with E-state index in [-0.39, 0.29) is 0 Å². The Morgan fingerprint density at radius 2 is 2.20 bits per heavy atom. The third-order valence-electron chi connectivity index (χ3n) is 3.39. The predicted molar refractivity (Wildman–Crippen MR) is 68.5 cm³/mol. The van der Waals surface area contributed by atoms with E-state index in [1.54, 1.807) is 0 Å². The van der Waals surface area contributed by atoms with Gasteiger partial charge in [0.05, 0.1) is 0 Å². The molecule has 1 N–H and O–H groups in total. The Morgan fingerprint density at radius 3 is 2.80 bits per heavy atom. The Hall–Kier alpha value is -0.180. The van der Waals surface area contributed by atoms with Crippen molar-refractivity contribution in [2.75, 3.05) is 6.54 Å². The normalized spacial score (nSPS) is 34.9. The van der Waals surface area contributed by atoms with Gasteiger partial charge in [-0.1, -0.05) is 37.9 Å². The fraction of sp³-hybridized carbons (Fsp3) is 0.917. The molecule has 2 unspecified atom stereocenters. The Kier molecular flexibility index (Phi) is 3.95. The van der Waals surface area contributed by atoms with Crippen LogP contribution in [0.5, 0.6) is 0 Å². The zero-order valence-corrected chi connectivity index (χ0v) is 10.6. The van der Waals surface area contributed by atoms with E-state index in [1.807, 2.05) is 11.8 Å². The lowest BCUT2D eigenvalue weighted by Gasteiger charge is -2.28. The number of nitrogens with one attached hydrogen (secondary N) is 1. The van der Waals surface area contributed by atoms with Gasteiger partial charge in [0, 0.05) is 17.8 Å². The standard InChI is InChI=1S/C12H22N2S/c1-9-8-10(2)15-12(14-9)13-7-6-11-4-3-5-11/h9-11H,3-8H2,1-2H3,(H,13,14). The fourth-order valence-electron chi connectivity index (χ4n) is 2.25. The molecule has 3 heteroatoms. The summed E-state index contributed by atoms with van der Waals surface area (Å²) in [5.74, 6) is 0.984. The second kappa shape index (κ2) is 5.24. The first kappa shape index (κ1) is 11.3. The van der Waals surface area contributed by atoms with E-state index in [4.69, 9.17) is 0 Å². The van der Waals surface area contributed by atoms with Gasteiger partial charge in [0.1, 0.15) is 0 Å². The number of amidine groups is 1. The molecule has 1 saturated heterocycles. The lowest BCUT2D eigenvalue weighted by atomic mass is 9.83. The van der Waals surface area contributed by atoms with Gasteiger partial charge >= 0.3 is 0 Å². The summed E-state index contributed by atoms with van der Waals surface area (Å²) in [4.78, 5) is 4.67. The lowest BCUT2D eigenvalue weighted by molar-refractivity contribution is 0.300. The fourth-order valence-corrected chi connectivity index (χ4v) is 3.45. The molecule has 0 bridgehead atoms. The molecule has 1 heterocycles. The number of hydrogen-bond acceptors (Lipinski definition) is 2. The maximum atomic E-state index is 4.67. The highest BCUT2D eigenvalue weighted by Gasteiger charge is 2.20. The van der Waals surface area contributed by atoms with Crippen molar-refractivity contribution in [1.82, 2.24) is 5.32 Å². The van der Waals surface area contributed by atoms with Crippen LogP contribution in [-0.4, -0.2) is 23.0 Å². The highest BCUT2D eigenvalue weighted by molar-refractivity contribution is 8.14. The topological polar surface area (TPSA) is 24.4 Å². The average molecular weight is 226 g/mol. The quantitative estimate of drug-likeness (QED) is 0.800. The second-order valence-electron chi connectivity index (χ2n) is 4.98. The minimum atomic E-state index is 0.601. The first-order chi connectivity index (χ1) is 7.24. The van der Waals surface area contributed by atoms with Crippen LogP contribution in [0.3, 0.4) is 0 Å². The molecule has 2 fully saturated rings. The summed E-state index contributed by atoms with van der Waals surface area (Å²) >= 11 is 1.91. The summed E-state index contributed by atoms with van der Waals surface area (Å²) in [5.41, 5.74) is 0. The van der Waals surface area contributed by atoms with Crippen LogP contribution in [-0.2, 0) is 0 Å². The molecule has 15 heavy (non-hydrogen) atoms. The third-order valence-corrected chi connectivity index (χ3v) is 4.45. The summed E-state index contributed by atoms with van der Waals surface area (Å²) in [6, 6.07) is 0.601. The van der Waals surface area contributed by atoms with Gasteiger partial charge in [-0.05, 0) is 25.7 Å². The molecule has 0 amide bonds. The minimum absolute atomic E-state index is 0.601. The Bertz CT molecular complexity index is 224. The number of thioether (sulfide) groups is 1. The van der Waals surface area contributed by atoms with Crippen LogP contribution in [0.15, 0.2) is 4.99 Å². The molecule has 2 rings (SSSR count). The number of rotatable bonds is 3. The van der Waals surface area contributed by atoms with Crippen LogP contribution in [0, 0.1) is 5.92 Å². The van der Waals surface area contributed by atoms with Crippen LogP contribution in [0.4, 0.5) is 0 Å². The summed E-state index contributed by atoms with van der Waals surface area (Å²) in [6.45, 7) is 5.57. The molecular formula is C12H22N2S. The van der Waals surface area contributed by atoms with Gasteiger partial charge in [-0.2, -0.15) is 0 Å². The third kappa shape index (κ3) is 3.40. The van der Waals surface area contributed by atoms with Crippen LogP contribution in [0.25, 0.3) is 0 Å². The van der Waals surface area contributed by atoms with E-state index in [0.29, 0.717) is 6.04 Å². The van der Waals surface area contributed by atoms with Gasteiger partial charge in [-0.3, -0.25) is 4.99 Å². The Balaban J connectivity index is 1.73. The molecule has 1 aliphatic carbocycles. The molecule has 2 aliphatic rings. The molecular weight excluding hydrogens is 204 g/mol. The van der Waals surface area contributed by atoms with Crippen LogP contribution >= 0.6 is 11.8 Å². The van der Waals surface area contributed by atoms with Gasteiger partial charge in [-0.15, -0.1) is 0 Å². The smallest absolute Gasteiger partial charge is 0.157 e. The summed E-state index contributed by atoms with van der Waals surface area (Å²) in [7, 11) is 0. The van der Waals surface area contributed by atoms with E-state index in [0.717, 1.165) is 17.7 Å². The molecule has 2 atom stereocenters. The van der Waals surface area contributed by atoms with E-state index >= 15 is 0 Å². The van der Waals surface area contributed by atoms with Crippen molar-refractivity contribution < 1.29 is 0 Å². The van der Waals surface area contributed by atoms with Crippen molar-refractivity contribution in [3.8, 4) is 0 Å². The van der Waals surface area contributed by atoms with Crippen LogP contribution < -0.4 is 5.32 Å². The molecule has 0 spiro atoms. The minimum Gasteiger partial charge on any atom is -0.362 e. The molecule has 2 nitrogen and oxygen atoms in total. The van der Waals surface area contributed by atoms with E-state index < -0.39 is 0 Å². The number of aliphatic imine (C=N–C) groups is 1. The van der Waals surface area contributed by atoms with E-state index in [2.05, 4.69) is 24.2 Å². The predicted octanol–water partition coefficient (Wildman–Crippen LogP) is 3.04. The maximum absolute atomic E-state index is 4.67. The maximum Gasteiger partial charge on any atom is 0.157 e. The SMILES string of the molecule is CC1CC(C)SC(=NCCC2CCC2)N1. The lowest BCUT2D eigenvalue weighted by Crippen LogP contribution is -2.38. The zero-order chi connectivity index (χ0) is 10.7. The highest BCUT2D eigenvalue weighted by Crippen LogP contribution is 2.29. The number of nitrogens with zero attached hydrogens (tertiary/aromatic N) is 1. The van der Waals surface area contributed by atoms with Gasteiger partial charge in [-0.25, -0.2) is 0 Å². The van der Waals surface area contributed by atoms with Gasteiger partial charge in [0.25, 0.3) is 0 Å². The molecule has 1 saturated carbocycles. The zero-order valence-electron chi connectivity index (χ0n) is 9.83. The van der Waals surface area contributed by atoms with E-state index in [9.17, 15) is 0 Å². The molecule has 1 aliphatic heterocycles. The van der Waals surface area contributed by atoms with Crippen molar-refractivity contribution in [3.63, 3.8) is 0 Å². The Labute approximate surface area is 97.3 Å². The van der Waals surface area contributed by atoms with E-state index in [1.165, 1.54) is 37.3 Å². The van der Waals surface area contributed by atoms with Crippen molar-refractivity contribution >= 4 is 16.9 Å². The summed E-state index contributed by atoms with van der Waals surface area (Å²) in [5, 5.41) is 5.38. The van der Waals surface area contributed by atoms with Crippen molar-refractivity contribution in [2.24, 2.45) is 10.9 Å². The molecule has 0 aromatic heterocycles. The monoisotopic (exact) mass is 226 g/mol. The Morgan fingerprint density at radius 1 is 1.40 bits per heavy atom. The summed E-state index contributed by atoms with van der Waals surface area (Å²) in [6.07, 6.45) is 6.89. The summed E-state index contributed by atoms with van der Waals surface area (Å²) < 4.78 is 0. The first-order valence-corrected chi connectivity index (χ1v) is 7.09. The molecule has 86 valence electrons. The average Bonchev–Trinajstić information content (AvgIpc) is 2.07. The molecule has 0 aromatic carbocycles. The molecule has 0 radical (unpaired) electrons. The number of hydrogen-bond donors (Lipinski definition) is 1. The molecule has 0 aromatic rings. The largest absolute Gasteiger partial charge is 0.362 e. The van der Waals surface area contributed by atoms with Gasteiger partial charge in [0.15, 0.2) is 5.17 Å². The second-order valence-corrected chi connectivity index (χ2v) is 6.41.